The number of hydrogen-bond donors (Lipinski definition) is 0. The zero-order valence-electron chi connectivity index (χ0n) is 22.6. The average molecular weight is 500 g/mol. The van der Waals surface area contributed by atoms with E-state index in [1.807, 2.05) is 0 Å². The number of allylic oxidation sites excluding steroid dienone is 2. The molecule has 5 rings (SSSR count). The summed E-state index contributed by atoms with van der Waals surface area (Å²) in [5.74, 6) is 3.46. The summed E-state index contributed by atoms with van der Waals surface area (Å²) in [4.78, 5) is 2.37. The third-order valence-corrected chi connectivity index (χ3v) is 7.84. The molecule has 5 nitrogen and oxygen atoms in total. The van der Waals surface area contributed by atoms with Gasteiger partial charge in [0.25, 0.3) is 0 Å². The molecule has 0 aliphatic heterocycles. The Morgan fingerprint density at radius 2 is 1.46 bits per heavy atom. The molecule has 0 spiro atoms. The quantitative estimate of drug-likeness (QED) is 0.321. The molecule has 2 aliphatic rings. The smallest absolute Gasteiger partial charge is 0.161 e. The van der Waals surface area contributed by atoms with Crippen molar-refractivity contribution in [3.8, 4) is 23.0 Å². The van der Waals surface area contributed by atoms with Crippen LogP contribution < -0.4 is 18.9 Å². The molecule has 0 aromatic heterocycles. The van der Waals surface area contributed by atoms with Crippen LogP contribution in [0.3, 0.4) is 0 Å². The lowest BCUT2D eigenvalue weighted by Gasteiger charge is -2.24. The van der Waals surface area contributed by atoms with Crippen LogP contribution in [0.25, 0.3) is 11.1 Å². The van der Waals surface area contributed by atoms with E-state index in [4.69, 9.17) is 18.9 Å². The van der Waals surface area contributed by atoms with Crippen LogP contribution >= 0.6 is 0 Å². The van der Waals surface area contributed by atoms with Gasteiger partial charge in [-0.1, -0.05) is 32.0 Å². The van der Waals surface area contributed by atoms with Gasteiger partial charge in [-0.15, -0.1) is 0 Å². The topological polar surface area (TPSA) is 40.2 Å². The molecule has 3 aromatic carbocycles. The van der Waals surface area contributed by atoms with E-state index in [0.717, 1.165) is 55.5 Å². The predicted molar refractivity (Wildman–Crippen MR) is 149 cm³/mol. The number of nitrogens with zero attached hydrogens (tertiary/aromatic N) is 1. The number of likely N-dealkylation sites (N-methyl/N-ethyl adjacent to an activating group) is 1. The molecular formula is C32H37NO4. The van der Waals surface area contributed by atoms with Crippen molar-refractivity contribution in [2.24, 2.45) is 0 Å². The average Bonchev–Trinajstić information content (AvgIpc) is 3.28. The van der Waals surface area contributed by atoms with Crippen LogP contribution in [0, 0.1) is 0 Å². The van der Waals surface area contributed by atoms with E-state index < -0.39 is 0 Å². The van der Waals surface area contributed by atoms with E-state index >= 15 is 0 Å². The van der Waals surface area contributed by atoms with Crippen LogP contribution in [-0.2, 0) is 6.42 Å². The maximum atomic E-state index is 6.08. The van der Waals surface area contributed by atoms with Gasteiger partial charge in [0, 0.05) is 12.5 Å². The first-order chi connectivity index (χ1) is 18.1. The molecule has 0 fully saturated rings. The van der Waals surface area contributed by atoms with Crippen molar-refractivity contribution in [1.29, 1.82) is 0 Å². The normalized spacial score (nSPS) is 15.8. The van der Waals surface area contributed by atoms with Crippen LogP contribution in [0.4, 0.5) is 0 Å². The molecule has 1 unspecified atom stereocenters. The second kappa shape index (κ2) is 10.9. The highest BCUT2D eigenvalue weighted by Crippen LogP contribution is 2.56. The lowest BCUT2D eigenvalue weighted by atomic mass is 9.79. The fourth-order valence-electron chi connectivity index (χ4n) is 5.82. The van der Waals surface area contributed by atoms with Crippen LogP contribution in [0.5, 0.6) is 23.0 Å². The van der Waals surface area contributed by atoms with E-state index in [1.165, 1.54) is 39.0 Å². The number of ether oxygens (including phenoxy) is 4. The molecule has 5 heteroatoms. The molecule has 0 bridgehead atoms. The summed E-state index contributed by atoms with van der Waals surface area (Å²) >= 11 is 0. The second-order valence-corrected chi connectivity index (χ2v) is 9.59. The van der Waals surface area contributed by atoms with Crippen molar-refractivity contribution in [3.63, 3.8) is 0 Å². The fourth-order valence-corrected chi connectivity index (χ4v) is 5.82. The van der Waals surface area contributed by atoms with E-state index in [9.17, 15) is 0 Å². The van der Waals surface area contributed by atoms with Gasteiger partial charge < -0.3 is 23.8 Å². The Morgan fingerprint density at radius 1 is 0.757 bits per heavy atom. The Hall–Kier alpha value is -3.44. The minimum absolute atomic E-state index is 0.113. The molecule has 0 saturated carbocycles. The Morgan fingerprint density at radius 3 is 2.14 bits per heavy atom. The summed E-state index contributed by atoms with van der Waals surface area (Å²) in [7, 11) is 5.13. The number of methoxy groups -OCH3 is 3. The number of hydrogen-bond acceptors (Lipinski definition) is 5. The SMILES string of the molecule is CCN(CC)CCOc1ccc(C2C3=C(CCc4cc(OC)ccc43)c3cc(OC)c(OC)cc32)cc1. The summed E-state index contributed by atoms with van der Waals surface area (Å²) < 4.78 is 23.0. The third kappa shape index (κ3) is 4.69. The predicted octanol–water partition coefficient (Wildman–Crippen LogP) is 6.44. The van der Waals surface area contributed by atoms with Crippen molar-refractivity contribution < 1.29 is 18.9 Å². The van der Waals surface area contributed by atoms with Crippen LogP contribution in [0.2, 0.25) is 0 Å². The minimum Gasteiger partial charge on any atom is -0.497 e. The van der Waals surface area contributed by atoms with Crippen molar-refractivity contribution in [3.05, 3.63) is 82.4 Å². The molecule has 0 heterocycles. The Balaban J connectivity index is 1.53. The lowest BCUT2D eigenvalue weighted by Crippen LogP contribution is -2.27. The molecule has 2 aliphatic carbocycles. The third-order valence-electron chi connectivity index (χ3n) is 7.84. The van der Waals surface area contributed by atoms with Gasteiger partial charge in [0.1, 0.15) is 18.1 Å². The van der Waals surface area contributed by atoms with Gasteiger partial charge in [-0.3, -0.25) is 0 Å². The zero-order valence-corrected chi connectivity index (χ0v) is 22.6. The van der Waals surface area contributed by atoms with Crippen molar-refractivity contribution in [1.82, 2.24) is 4.90 Å². The first kappa shape index (κ1) is 25.2. The molecule has 194 valence electrons. The van der Waals surface area contributed by atoms with Gasteiger partial charge in [-0.05, 0) is 101 Å². The molecule has 0 N–H and O–H groups in total. The van der Waals surface area contributed by atoms with Crippen LogP contribution in [0.15, 0.2) is 54.6 Å². The minimum atomic E-state index is 0.113. The molecule has 0 radical (unpaired) electrons. The standard InChI is InChI=1S/C32H37NO4/c1-6-33(7-2)16-17-37-23-11-8-21(9-12-23)31-28-20-30(36-5)29(35-4)19-27(28)26-14-10-22-18-24(34-3)13-15-25(22)32(26)31/h8-9,11-13,15,18-20,31H,6-7,10,14,16-17H2,1-5H3. The van der Waals surface area contributed by atoms with Crippen molar-refractivity contribution >= 4 is 11.1 Å². The molecular weight excluding hydrogens is 462 g/mol. The van der Waals surface area contributed by atoms with Gasteiger partial charge >= 0.3 is 0 Å². The zero-order chi connectivity index (χ0) is 25.9. The number of benzene rings is 3. The molecule has 0 saturated heterocycles. The number of aryl methyl sites for hydroxylation is 1. The largest absolute Gasteiger partial charge is 0.497 e. The van der Waals surface area contributed by atoms with Crippen molar-refractivity contribution in [2.45, 2.75) is 32.6 Å². The second-order valence-electron chi connectivity index (χ2n) is 9.59. The molecule has 37 heavy (non-hydrogen) atoms. The van der Waals surface area contributed by atoms with Crippen LogP contribution in [0.1, 0.15) is 54.0 Å². The highest BCUT2D eigenvalue weighted by Gasteiger charge is 2.37. The molecule has 0 amide bonds. The molecule has 3 aromatic rings. The van der Waals surface area contributed by atoms with Gasteiger partial charge in [0.05, 0.1) is 21.3 Å². The van der Waals surface area contributed by atoms with E-state index in [1.54, 1.807) is 21.3 Å². The summed E-state index contributed by atoms with van der Waals surface area (Å²) in [6, 6.07) is 19.4. The van der Waals surface area contributed by atoms with Gasteiger partial charge in [-0.25, -0.2) is 0 Å². The lowest BCUT2D eigenvalue weighted by molar-refractivity contribution is 0.223. The first-order valence-electron chi connectivity index (χ1n) is 13.2. The Kier molecular flexibility index (Phi) is 7.43. The molecule has 1 atom stereocenters. The Labute approximate surface area is 220 Å². The maximum absolute atomic E-state index is 6.08. The highest BCUT2D eigenvalue weighted by atomic mass is 16.5. The van der Waals surface area contributed by atoms with Crippen LogP contribution in [-0.4, -0.2) is 52.5 Å². The summed E-state index contributed by atoms with van der Waals surface area (Å²) in [6.45, 7) is 8.07. The first-order valence-corrected chi connectivity index (χ1v) is 13.2. The summed E-state index contributed by atoms with van der Waals surface area (Å²) in [5, 5.41) is 0. The van der Waals surface area contributed by atoms with Gasteiger partial charge in [-0.2, -0.15) is 0 Å². The summed E-state index contributed by atoms with van der Waals surface area (Å²) in [6.07, 6.45) is 1.98. The van der Waals surface area contributed by atoms with E-state index in [-0.39, 0.29) is 5.92 Å². The number of rotatable bonds is 10. The monoisotopic (exact) mass is 499 g/mol. The van der Waals surface area contributed by atoms with Crippen molar-refractivity contribution in [2.75, 3.05) is 47.6 Å². The maximum Gasteiger partial charge on any atom is 0.161 e. The van der Waals surface area contributed by atoms with Gasteiger partial charge in [0.15, 0.2) is 11.5 Å². The van der Waals surface area contributed by atoms with E-state index in [2.05, 4.69) is 73.3 Å². The van der Waals surface area contributed by atoms with E-state index in [0.29, 0.717) is 6.61 Å². The van der Waals surface area contributed by atoms with Gasteiger partial charge in [0.2, 0.25) is 0 Å². The highest BCUT2D eigenvalue weighted by molar-refractivity contribution is 6.03. The Bertz CT molecular complexity index is 1290. The summed E-state index contributed by atoms with van der Waals surface area (Å²) in [5.41, 5.74) is 9.20. The number of fused-ring (bicyclic) bond motifs is 4. The fraction of sp³-hybridized carbons (Fsp3) is 0.375.